The van der Waals surface area contributed by atoms with Crippen LogP contribution in [0, 0.1) is 0 Å². The highest BCUT2D eigenvalue weighted by molar-refractivity contribution is 9.10. The number of amides is 1. The number of nitrogens with one attached hydrogen (secondary N) is 2. The van der Waals surface area contributed by atoms with Gasteiger partial charge in [-0.2, -0.15) is 0 Å². The molecule has 1 amide bonds. The highest BCUT2D eigenvalue weighted by atomic mass is 79.9. The first kappa shape index (κ1) is 17.9. The molecule has 1 heterocycles. The Morgan fingerprint density at radius 1 is 1.32 bits per heavy atom. The summed E-state index contributed by atoms with van der Waals surface area (Å²) in [7, 11) is 1.66. The van der Waals surface area contributed by atoms with Crippen LogP contribution >= 0.6 is 15.9 Å². The number of fused-ring (bicyclic) bond motifs is 1. The SMILES string of the molecule is COCc1cc(Br)cc2cnc(NC3CCC(NC(=O)O)CC3)nc12. The van der Waals surface area contributed by atoms with Crippen LogP contribution in [0.3, 0.4) is 0 Å². The van der Waals surface area contributed by atoms with E-state index in [1.807, 2.05) is 18.3 Å². The van der Waals surface area contributed by atoms with Gasteiger partial charge in [0.25, 0.3) is 0 Å². The molecule has 25 heavy (non-hydrogen) atoms. The van der Waals surface area contributed by atoms with E-state index in [1.54, 1.807) is 7.11 Å². The van der Waals surface area contributed by atoms with Crippen LogP contribution < -0.4 is 10.6 Å². The van der Waals surface area contributed by atoms with E-state index in [2.05, 4.69) is 36.5 Å². The van der Waals surface area contributed by atoms with E-state index in [9.17, 15) is 4.79 Å². The summed E-state index contributed by atoms with van der Waals surface area (Å²) in [6.07, 6.45) is 4.27. The Bertz CT molecular complexity index is 763. The summed E-state index contributed by atoms with van der Waals surface area (Å²) in [6, 6.07) is 4.29. The molecule has 1 aliphatic carbocycles. The fourth-order valence-corrected chi connectivity index (χ4v) is 3.78. The second-order valence-electron chi connectivity index (χ2n) is 6.27. The number of hydrogen-bond donors (Lipinski definition) is 3. The fourth-order valence-electron chi connectivity index (χ4n) is 3.25. The smallest absolute Gasteiger partial charge is 0.404 e. The van der Waals surface area contributed by atoms with Crippen molar-refractivity contribution < 1.29 is 14.6 Å². The molecule has 0 unspecified atom stereocenters. The van der Waals surface area contributed by atoms with Gasteiger partial charge in [-0.1, -0.05) is 15.9 Å². The Labute approximate surface area is 154 Å². The second-order valence-corrected chi connectivity index (χ2v) is 7.19. The minimum atomic E-state index is -0.953. The molecule has 1 aromatic carbocycles. The second kappa shape index (κ2) is 7.97. The van der Waals surface area contributed by atoms with Crippen LogP contribution in [0.2, 0.25) is 0 Å². The number of benzene rings is 1. The number of carboxylic acid groups (broad SMARTS) is 1. The van der Waals surface area contributed by atoms with Gasteiger partial charge < -0.3 is 20.5 Å². The summed E-state index contributed by atoms with van der Waals surface area (Å²) in [5, 5.41) is 15.7. The summed E-state index contributed by atoms with van der Waals surface area (Å²) >= 11 is 3.50. The summed E-state index contributed by atoms with van der Waals surface area (Å²) in [4.78, 5) is 19.8. The lowest BCUT2D eigenvalue weighted by molar-refractivity contribution is 0.185. The number of methoxy groups -OCH3 is 1. The van der Waals surface area contributed by atoms with E-state index in [4.69, 9.17) is 9.84 Å². The van der Waals surface area contributed by atoms with Crippen molar-refractivity contribution in [3.05, 3.63) is 28.4 Å². The molecule has 1 fully saturated rings. The summed E-state index contributed by atoms with van der Waals surface area (Å²) < 4.78 is 6.24. The maximum atomic E-state index is 10.7. The van der Waals surface area contributed by atoms with Crippen LogP contribution in [0.15, 0.2) is 22.8 Å². The molecule has 1 saturated carbocycles. The molecule has 7 nitrogen and oxygen atoms in total. The monoisotopic (exact) mass is 408 g/mol. The molecule has 1 aliphatic rings. The number of hydrogen-bond acceptors (Lipinski definition) is 5. The number of ether oxygens (including phenoxy) is 1. The number of anilines is 1. The van der Waals surface area contributed by atoms with Gasteiger partial charge in [0.05, 0.1) is 12.1 Å². The number of halogens is 1. The highest BCUT2D eigenvalue weighted by Crippen LogP contribution is 2.25. The number of rotatable bonds is 5. The third-order valence-electron chi connectivity index (χ3n) is 4.41. The molecule has 2 aromatic rings. The predicted molar refractivity (Wildman–Crippen MR) is 98.8 cm³/mol. The fraction of sp³-hybridized carbons (Fsp3) is 0.471. The third kappa shape index (κ3) is 4.58. The average molecular weight is 409 g/mol. The predicted octanol–water partition coefficient (Wildman–Crippen LogP) is 3.53. The van der Waals surface area contributed by atoms with Crippen LogP contribution in [0.5, 0.6) is 0 Å². The summed E-state index contributed by atoms with van der Waals surface area (Å²) in [5.41, 5.74) is 1.88. The van der Waals surface area contributed by atoms with Crippen LogP contribution in [0.25, 0.3) is 10.9 Å². The Hall–Kier alpha value is -1.93. The first-order chi connectivity index (χ1) is 12.0. The van der Waals surface area contributed by atoms with Crippen molar-refractivity contribution >= 4 is 38.9 Å². The molecular weight excluding hydrogens is 388 g/mol. The van der Waals surface area contributed by atoms with Gasteiger partial charge in [-0.3, -0.25) is 0 Å². The molecule has 0 spiro atoms. The normalized spacial score (nSPS) is 20.4. The van der Waals surface area contributed by atoms with Gasteiger partial charge in [0.1, 0.15) is 0 Å². The van der Waals surface area contributed by atoms with Crippen molar-refractivity contribution in [1.29, 1.82) is 0 Å². The Balaban J connectivity index is 1.71. The van der Waals surface area contributed by atoms with Gasteiger partial charge >= 0.3 is 6.09 Å². The number of carbonyl (C=O) groups is 1. The lowest BCUT2D eigenvalue weighted by Gasteiger charge is -2.28. The molecule has 1 aromatic heterocycles. The van der Waals surface area contributed by atoms with Crippen LogP contribution in [0.4, 0.5) is 10.7 Å². The first-order valence-electron chi connectivity index (χ1n) is 8.25. The number of aromatic nitrogens is 2. The van der Waals surface area contributed by atoms with Crippen LogP contribution in [0.1, 0.15) is 31.2 Å². The molecular formula is C17H21BrN4O3. The molecule has 134 valence electrons. The minimum absolute atomic E-state index is 0.0405. The zero-order chi connectivity index (χ0) is 17.8. The molecule has 3 N–H and O–H groups in total. The van der Waals surface area contributed by atoms with Crippen LogP contribution in [-0.4, -0.2) is 40.4 Å². The molecule has 0 radical (unpaired) electrons. The van der Waals surface area contributed by atoms with E-state index in [-0.39, 0.29) is 12.1 Å². The lowest BCUT2D eigenvalue weighted by Crippen LogP contribution is -2.39. The molecule has 0 bridgehead atoms. The van der Waals surface area contributed by atoms with Gasteiger partial charge in [-0.05, 0) is 37.8 Å². The highest BCUT2D eigenvalue weighted by Gasteiger charge is 2.22. The maximum Gasteiger partial charge on any atom is 0.404 e. The van der Waals surface area contributed by atoms with Gasteiger partial charge in [0.15, 0.2) is 0 Å². The Kier molecular flexibility index (Phi) is 5.70. The quantitative estimate of drug-likeness (QED) is 0.699. The largest absolute Gasteiger partial charge is 0.465 e. The van der Waals surface area contributed by atoms with Gasteiger partial charge in [-0.25, -0.2) is 14.8 Å². The zero-order valence-corrected chi connectivity index (χ0v) is 15.5. The van der Waals surface area contributed by atoms with Crippen molar-refractivity contribution in [3.63, 3.8) is 0 Å². The first-order valence-corrected chi connectivity index (χ1v) is 9.04. The van der Waals surface area contributed by atoms with Crippen LogP contribution in [-0.2, 0) is 11.3 Å². The van der Waals surface area contributed by atoms with Gasteiger partial charge in [-0.15, -0.1) is 0 Å². The maximum absolute atomic E-state index is 10.7. The number of nitrogens with zero attached hydrogens (tertiary/aromatic N) is 2. The van der Waals surface area contributed by atoms with Crippen molar-refractivity contribution in [3.8, 4) is 0 Å². The van der Waals surface area contributed by atoms with E-state index in [1.165, 1.54) is 0 Å². The van der Waals surface area contributed by atoms with Crippen molar-refractivity contribution in [1.82, 2.24) is 15.3 Å². The third-order valence-corrected chi connectivity index (χ3v) is 4.87. The van der Waals surface area contributed by atoms with E-state index < -0.39 is 6.09 Å². The minimum Gasteiger partial charge on any atom is -0.465 e. The van der Waals surface area contributed by atoms with E-state index >= 15 is 0 Å². The van der Waals surface area contributed by atoms with E-state index in [0.29, 0.717) is 12.6 Å². The molecule has 3 rings (SSSR count). The van der Waals surface area contributed by atoms with Crippen molar-refractivity contribution in [2.75, 3.05) is 12.4 Å². The molecule has 0 atom stereocenters. The Morgan fingerprint density at radius 2 is 2.04 bits per heavy atom. The van der Waals surface area contributed by atoms with Crippen molar-refractivity contribution in [2.24, 2.45) is 0 Å². The molecule has 0 aliphatic heterocycles. The van der Waals surface area contributed by atoms with E-state index in [0.717, 1.165) is 46.6 Å². The lowest BCUT2D eigenvalue weighted by atomic mass is 9.91. The zero-order valence-electron chi connectivity index (χ0n) is 14.0. The Morgan fingerprint density at radius 3 is 2.72 bits per heavy atom. The topological polar surface area (TPSA) is 96.4 Å². The summed E-state index contributed by atoms with van der Waals surface area (Å²) in [5.74, 6) is 0.599. The standard InChI is InChI=1S/C17H21BrN4O3/c1-25-9-11-7-12(18)6-10-8-19-16(22-15(10)11)20-13-2-4-14(5-3-13)21-17(23)24/h6-8,13-14,21H,2-5,9H2,1H3,(H,23,24)(H,19,20,22). The summed E-state index contributed by atoms with van der Waals surface area (Å²) in [6.45, 7) is 0.484. The van der Waals surface area contributed by atoms with Gasteiger partial charge in [0, 0.05) is 40.8 Å². The molecule has 8 heteroatoms. The average Bonchev–Trinajstić information content (AvgIpc) is 2.57. The van der Waals surface area contributed by atoms with Crippen molar-refractivity contribution in [2.45, 2.75) is 44.4 Å². The van der Waals surface area contributed by atoms with Gasteiger partial charge in [0.2, 0.25) is 5.95 Å². The molecule has 0 saturated heterocycles.